The molecule has 78 valence electrons. The van der Waals surface area contributed by atoms with E-state index in [9.17, 15) is 0 Å². The molecular formula is C8H15N5S. The Morgan fingerprint density at radius 3 is 3.21 bits per heavy atom. The first-order chi connectivity index (χ1) is 6.79. The standard InChI is InChI=1S/C8H15N5S/c1-14-5-7-10-8(12-11-7)13-3-2-6(9)4-13/h6H,2-5,9H2,1H3,(H,10,11,12). The summed E-state index contributed by atoms with van der Waals surface area (Å²) in [5.41, 5.74) is 5.82. The first-order valence-electron chi connectivity index (χ1n) is 4.70. The number of thioether (sulfide) groups is 1. The molecule has 0 bridgehead atoms. The maximum Gasteiger partial charge on any atom is 0.244 e. The van der Waals surface area contributed by atoms with E-state index in [4.69, 9.17) is 5.73 Å². The summed E-state index contributed by atoms with van der Waals surface area (Å²) < 4.78 is 0. The molecule has 0 saturated carbocycles. The lowest BCUT2D eigenvalue weighted by atomic mass is 10.3. The average molecular weight is 213 g/mol. The van der Waals surface area contributed by atoms with Gasteiger partial charge in [0.15, 0.2) is 0 Å². The van der Waals surface area contributed by atoms with Crippen LogP contribution in [0.3, 0.4) is 0 Å². The molecule has 0 amide bonds. The van der Waals surface area contributed by atoms with Gasteiger partial charge in [-0.3, -0.25) is 5.10 Å². The van der Waals surface area contributed by atoms with E-state index in [0.717, 1.165) is 37.0 Å². The number of H-pyrrole nitrogens is 1. The summed E-state index contributed by atoms with van der Waals surface area (Å²) in [7, 11) is 0. The van der Waals surface area contributed by atoms with Gasteiger partial charge >= 0.3 is 0 Å². The fourth-order valence-corrected chi connectivity index (χ4v) is 2.00. The normalized spacial score (nSPS) is 21.9. The zero-order chi connectivity index (χ0) is 9.97. The van der Waals surface area contributed by atoms with E-state index in [2.05, 4.69) is 20.1 Å². The van der Waals surface area contributed by atoms with E-state index in [-0.39, 0.29) is 6.04 Å². The van der Waals surface area contributed by atoms with Crippen LogP contribution in [0.4, 0.5) is 5.95 Å². The SMILES string of the molecule is CSCc1nc(N2CCC(N)C2)n[nH]1. The summed E-state index contributed by atoms with van der Waals surface area (Å²) >= 11 is 1.73. The highest BCUT2D eigenvalue weighted by molar-refractivity contribution is 7.97. The Morgan fingerprint density at radius 2 is 2.57 bits per heavy atom. The van der Waals surface area contributed by atoms with Gasteiger partial charge in [-0.05, 0) is 12.7 Å². The van der Waals surface area contributed by atoms with Crippen LogP contribution in [0, 0.1) is 0 Å². The molecule has 1 aliphatic heterocycles. The molecule has 5 nitrogen and oxygen atoms in total. The number of nitrogens with two attached hydrogens (primary N) is 1. The molecule has 14 heavy (non-hydrogen) atoms. The van der Waals surface area contributed by atoms with Crippen LogP contribution in [0.25, 0.3) is 0 Å². The van der Waals surface area contributed by atoms with E-state index in [0.29, 0.717) is 0 Å². The first kappa shape index (κ1) is 9.79. The van der Waals surface area contributed by atoms with Crippen molar-refractivity contribution in [2.45, 2.75) is 18.2 Å². The van der Waals surface area contributed by atoms with Crippen molar-refractivity contribution in [3.8, 4) is 0 Å². The molecule has 1 saturated heterocycles. The number of aromatic nitrogens is 3. The van der Waals surface area contributed by atoms with Crippen LogP contribution < -0.4 is 10.6 Å². The highest BCUT2D eigenvalue weighted by Crippen LogP contribution is 2.15. The maximum absolute atomic E-state index is 5.82. The van der Waals surface area contributed by atoms with E-state index in [1.807, 2.05) is 6.26 Å². The number of nitrogens with one attached hydrogen (secondary N) is 1. The molecular weight excluding hydrogens is 198 g/mol. The van der Waals surface area contributed by atoms with Crippen molar-refractivity contribution in [1.29, 1.82) is 0 Å². The third-order valence-electron chi connectivity index (χ3n) is 2.31. The quantitative estimate of drug-likeness (QED) is 0.751. The van der Waals surface area contributed by atoms with Crippen LogP contribution in [0.5, 0.6) is 0 Å². The Balaban J connectivity index is 2.02. The largest absolute Gasteiger partial charge is 0.338 e. The molecule has 1 atom stereocenters. The van der Waals surface area contributed by atoms with Gasteiger partial charge in [-0.25, -0.2) is 0 Å². The molecule has 1 aromatic heterocycles. The van der Waals surface area contributed by atoms with Gasteiger partial charge < -0.3 is 10.6 Å². The number of anilines is 1. The second-order valence-corrected chi connectivity index (χ2v) is 4.38. The fourth-order valence-electron chi connectivity index (χ4n) is 1.60. The van der Waals surface area contributed by atoms with Crippen LogP contribution in [0.1, 0.15) is 12.2 Å². The number of hydrogen-bond donors (Lipinski definition) is 2. The smallest absolute Gasteiger partial charge is 0.244 e. The first-order valence-corrected chi connectivity index (χ1v) is 6.09. The summed E-state index contributed by atoms with van der Waals surface area (Å²) in [6, 6.07) is 0.275. The van der Waals surface area contributed by atoms with Gasteiger partial charge in [-0.1, -0.05) is 0 Å². The van der Waals surface area contributed by atoms with E-state index in [1.54, 1.807) is 11.8 Å². The molecule has 1 aromatic rings. The van der Waals surface area contributed by atoms with Gasteiger partial charge in [-0.2, -0.15) is 16.7 Å². The molecule has 1 aliphatic rings. The Labute approximate surface area is 87.5 Å². The molecule has 0 aromatic carbocycles. The second-order valence-electron chi connectivity index (χ2n) is 3.51. The lowest BCUT2D eigenvalue weighted by Gasteiger charge is -2.11. The van der Waals surface area contributed by atoms with Gasteiger partial charge in [0, 0.05) is 19.1 Å². The minimum atomic E-state index is 0.275. The van der Waals surface area contributed by atoms with Crippen LogP contribution in [-0.2, 0) is 5.75 Å². The maximum atomic E-state index is 5.82. The van der Waals surface area contributed by atoms with Crippen molar-refractivity contribution >= 4 is 17.7 Å². The third kappa shape index (κ3) is 2.01. The van der Waals surface area contributed by atoms with Gasteiger partial charge in [0.2, 0.25) is 5.95 Å². The molecule has 6 heteroatoms. The average Bonchev–Trinajstić information content (AvgIpc) is 2.74. The third-order valence-corrected chi connectivity index (χ3v) is 2.87. The fraction of sp³-hybridized carbons (Fsp3) is 0.750. The summed E-state index contributed by atoms with van der Waals surface area (Å²) in [4.78, 5) is 6.53. The van der Waals surface area contributed by atoms with Crippen molar-refractivity contribution in [3.63, 3.8) is 0 Å². The molecule has 0 aliphatic carbocycles. The zero-order valence-corrected chi connectivity index (χ0v) is 9.05. The Hall–Kier alpha value is -0.750. The van der Waals surface area contributed by atoms with Gasteiger partial charge in [0.05, 0.1) is 5.75 Å². The molecule has 1 fully saturated rings. The van der Waals surface area contributed by atoms with Crippen LogP contribution in [0.2, 0.25) is 0 Å². The predicted octanol–water partition coefficient (Wildman–Crippen LogP) is 0.205. The second kappa shape index (κ2) is 4.18. The monoisotopic (exact) mass is 213 g/mol. The van der Waals surface area contributed by atoms with Crippen LogP contribution >= 0.6 is 11.8 Å². The van der Waals surface area contributed by atoms with Crippen molar-refractivity contribution in [2.24, 2.45) is 5.73 Å². The van der Waals surface area contributed by atoms with Crippen molar-refractivity contribution in [1.82, 2.24) is 15.2 Å². The van der Waals surface area contributed by atoms with Gasteiger partial charge in [-0.15, -0.1) is 5.10 Å². The van der Waals surface area contributed by atoms with Crippen molar-refractivity contribution in [2.75, 3.05) is 24.2 Å². The van der Waals surface area contributed by atoms with Crippen molar-refractivity contribution in [3.05, 3.63) is 5.82 Å². The highest BCUT2D eigenvalue weighted by Gasteiger charge is 2.22. The molecule has 0 spiro atoms. The molecule has 2 rings (SSSR count). The lowest BCUT2D eigenvalue weighted by molar-refractivity contribution is 0.750. The van der Waals surface area contributed by atoms with Crippen LogP contribution in [0.15, 0.2) is 0 Å². The predicted molar refractivity (Wildman–Crippen MR) is 58.4 cm³/mol. The lowest BCUT2D eigenvalue weighted by Crippen LogP contribution is -2.26. The van der Waals surface area contributed by atoms with Crippen molar-refractivity contribution < 1.29 is 0 Å². The van der Waals surface area contributed by atoms with Gasteiger partial charge in [0.1, 0.15) is 5.82 Å². The summed E-state index contributed by atoms with van der Waals surface area (Å²) in [6.45, 7) is 1.84. The Bertz CT molecular complexity index is 300. The highest BCUT2D eigenvalue weighted by atomic mass is 32.2. The minimum Gasteiger partial charge on any atom is -0.338 e. The zero-order valence-electron chi connectivity index (χ0n) is 8.23. The summed E-state index contributed by atoms with van der Waals surface area (Å²) in [5, 5.41) is 7.11. The molecule has 3 N–H and O–H groups in total. The minimum absolute atomic E-state index is 0.275. The molecule has 0 radical (unpaired) electrons. The van der Waals surface area contributed by atoms with E-state index in [1.165, 1.54) is 0 Å². The number of aromatic amines is 1. The Kier molecular flexibility index (Phi) is 2.93. The Morgan fingerprint density at radius 1 is 1.71 bits per heavy atom. The molecule has 2 heterocycles. The van der Waals surface area contributed by atoms with E-state index >= 15 is 0 Å². The topological polar surface area (TPSA) is 70.8 Å². The molecule has 1 unspecified atom stereocenters. The number of rotatable bonds is 3. The summed E-state index contributed by atoms with van der Waals surface area (Å²) in [6.07, 6.45) is 3.08. The van der Waals surface area contributed by atoms with Gasteiger partial charge in [0.25, 0.3) is 0 Å². The summed E-state index contributed by atoms with van der Waals surface area (Å²) in [5.74, 6) is 2.61. The van der Waals surface area contributed by atoms with Crippen LogP contribution in [-0.4, -0.2) is 40.6 Å². The number of hydrogen-bond acceptors (Lipinski definition) is 5. The number of nitrogens with zero attached hydrogens (tertiary/aromatic N) is 3. The van der Waals surface area contributed by atoms with E-state index < -0.39 is 0 Å².